The number of benzene rings is 2. The molecule has 1 saturated heterocycles. The van der Waals surface area contributed by atoms with Gasteiger partial charge in [0.1, 0.15) is 4.90 Å². The Morgan fingerprint density at radius 3 is 2.18 bits per heavy atom. The predicted molar refractivity (Wildman–Crippen MR) is 127 cm³/mol. The van der Waals surface area contributed by atoms with Crippen LogP contribution in [0.15, 0.2) is 35.2 Å². The molecule has 2 aliphatic rings. The molecule has 0 radical (unpaired) electrons. The molecule has 4 rings (SSSR count). The fraction of sp³-hybridized carbons (Fsp3) is 0.458. The average molecular weight is 493 g/mol. The Labute approximate surface area is 200 Å². The molecule has 2 aromatic carbocycles. The Balaban J connectivity index is 1.60. The quantitative estimate of drug-likeness (QED) is 0.627. The summed E-state index contributed by atoms with van der Waals surface area (Å²) in [7, 11) is -0.591. The Hall–Kier alpha value is -2.29. The van der Waals surface area contributed by atoms with Gasteiger partial charge in [-0.05, 0) is 60.7 Å². The minimum absolute atomic E-state index is 0.000678. The van der Waals surface area contributed by atoms with Crippen molar-refractivity contribution in [1.82, 2.24) is 9.21 Å². The van der Waals surface area contributed by atoms with Crippen LogP contribution in [0.2, 0.25) is 5.02 Å². The number of methoxy groups -OCH3 is 2. The number of amides is 1. The van der Waals surface area contributed by atoms with E-state index in [0.29, 0.717) is 49.7 Å². The molecule has 1 fully saturated rings. The number of nitrogens with zero attached hydrogens (tertiary/aromatic N) is 2. The molecule has 2 aromatic rings. The van der Waals surface area contributed by atoms with Crippen LogP contribution in [0.4, 0.5) is 0 Å². The van der Waals surface area contributed by atoms with E-state index in [9.17, 15) is 13.2 Å². The van der Waals surface area contributed by atoms with Gasteiger partial charge in [-0.2, -0.15) is 4.31 Å². The van der Waals surface area contributed by atoms with E-state index >= 15 is 0 Å². The van der Waals surface area contributed by atoms with Gasteiger partial charge in [0.15, 0.2) is 11.5 Å². The molecule has 0 atom stereocenters. The molecular weight excluding hydrogens is 464 g/mol. The summed E-state index contributed by atoms with van der Waals surface area (Å²) >= 11 is 6.30. The van der Waals surface area contributed by atoms with Crippen molar-refractivity contribution >= 4 is 27.5 Å². The van der Waals surface area contributed by atoms with E-state index in [2.05, 4.69) is 0 Å². The van der Waals surface area contributed by atoms with Gasteiger partial charge in [-0.25, -0.2) is 8.42 Å². The number of ether oxygens (including phenoxy) is 2. The maximum Gasteiger partial charge on any atom is 0.254 e. The number of carbonyl (C=O) groups is 1. The standard InChI is InChI=1S/C24H29ClN2O5S/c1-31-21-13-17-9-12-26(16-19(17)14-22(21)32-2)24(28)18-7-8-20(25)23(15-18)33(29,30)27-10-5-3-4-6-11-27/h7-8,13-15H,3-6,9-12,16H2,1-2H3. The van der Waals surface area contributed by atoms with Gasteiger partial charge in [-0.3, -0.25) is 4.79 Å². The first-order chi connectivity index (χ1) is 15.8. The molecule has 0 unspecified atom stereocenters. The molecule has 2 heterocycles. The molecule has 0 saturated carbocycles. The molecule has 2 aliphatic heterocycles. The fourth-order valence-electron chi connectivity index (χ4n) is 4.49. The summed E-state index contributed by atoms with van der Waals surface area (Å²) in [5, 5.41) is 0.136. The van der Waals surface area contributed by atoms with Gasteiger partial charge in [0.25, 0.3) is 5.91 Å². The average Bonchev–Trinajstić information content (AvgIpc) is 3.13. The largest absolute Gasteiger partial charge is 0.493 e. The smallest absolute Gasteiger partial charge is 0.254 e. The van der Waals surface area contributed by atoms with Crippen LogP contribution in [0.3, 0.4) is 0 Å². The SMILES string of the molecule is COc1cc2c(cc1OC)CN(C(=O)c1ccc(Cl)c(S(=O)(=O)N3CCCCCC3)c1)CC2. The van der Waals surface area contributed by atoms with Crippen LogP contribution in [-0.4, -0.2) is 57.4 Å². The molecule has 0 spiro atoms. The Morgan fingerprint density at radius 2 is 1.55 bits per heavy atom. The van der Waals surface area contributed by atoms with Crippen LogP contribution in [0.1, 0.15) is 47.2 Å². The normalized spacial score (nSPS) is 17.2. The van der Waals surface area contributed by atoms with E-state index in [1.165, 1.54) is 16.4 Å². The van der Waals surface area contributed by atoms with E-state index in [-0.39, 0.29) is 15.8 Å². The Morgan fingerprint density at radius 1 is 0.909 bits per heavy atom. The summed E-state index contributed by atoms with van der Waals surface area (Å²) in [5.41, 5.74) is 2.41. The van der Waals surface area contributed by atoms with Gasteiger partial charge in [0.05, 0.1) is 19.2 Å². The third-order valence-electron chi connectivity index (χ3n) is 6.37. The first-order valence-corrected chi connectivity index (χ1v) is 13.0. The minimum atomic E-state index is -3.77. The lowest BCUT2D eigenvalue weighted by molar-refractivity contribution is 0.0734. The molecule has 1 amide bonds. The first kappa shape index (κ1) is 23.9. The topological polar surface area (TPSA) is 76.1 Å². The van der Waals surface area contributed by atoms with Gasteiger partial charge in [0.2, 0.25) is 10.0 Å². The number of hydrogen-bond acceptors (Lipinski definition) is 5. The van der Waals surface area contributed by atoms with Crippen molar-refractivity contribution in [2.24, 2.45) is 0 Å². The maximum atomic E-state index is 13.3. The summed E-state index contributed by atoms with van der Waals surface area (Å²) in [4.78, 5) is 15.1. The molecule has 0 bridgehead atoms. The highest BCUT2D eigenvalue weighted by Crippen LogP contribution is 2.34. The Bertz CT molecular complexity index is 1140. The zero-order valence-electron chi connectivity index (χ0n) is 19.0. The lowest BCUT2D eigenvalue weighted by Gasteiger charge is -2.30. The maximum absolute atomic E-state index is 13.3. The molecule has 0 aliphatic carbocycles. The highest BCUT2D eigenvalue weighted by atomic mass is 35.5. The molecular formula is C24H29ClN2O5S. The lowest BCUT2D eigenvalue weighted by Crippen LogP contribution is -2.36. The van der Waals surface area contributed by atoms with Gasteiger partial charge < -0.3 is 14.4 Å². The summed E-state index contributed by atoms with van der Waals surface area (Å²) < 4.78 is 38.9. The van der Waals surface area contributed by atoms with Crippen molar-refractivity contribution in [2.45, 2.75) is 43.5 Å². The fourth-order valence-corrected chi connectivity index (χ4v) is 6.51. The number of sulfonamides is 1. The van der Waals surface area contributed by atoms with Crippen molar-refractivity contribution in [2.75, 3.05) is 33.9 Å². The summed E-state index contributed by atoms with van der Waals surface area (Å²) in [6.07, 6.45) is 4.37. The minimum Gasteiger partial charge on any atom is -0.493 e. The molecule has 0 N–H and O–H groups in total. The third-order valence-corrected chi connectivity index (χ3v) is 8.75. The summed E-state index contributed by atoms with van der Waals surface area (Å²) in [6, 6.07) is 8.37. The number of carbonyl (C=O) groups excluding carboxylic acids is 1. The van der Waals surface area contributed by atoms with Crippen molar-refractivity contribution in [3.05, 3.63) is 52.0 Å². The molecule has 9 heteroatoms. The van der Waals surface area contributed by atoms with Crippen LogP contribution in [0.5, 0.6) is 11.5 Å². The lowest BCUT2D eigenvalue weighted by atomic mass is 9.98. The summed E-state index contributed by atoms with van der Waals surface area (Å²) in [5.74, 6) is 1.05. The van der Waals surface area contributed by atoms with E-state index < -0.39 is 10.0 Å². The van der Waals surface area contributed by atoms with Crippen LogP contribution >= 0.6 is 11.6 Å². The molecule has 0 aromatic heterocycles. The van der Waals surface area contributed by atoms with Gasteiger partial charge in [-0.1, -0.05) is 24.4 Å². The van der Waals surface area contributed by atoms with Gasteiger partial charge in [0, 0.05) is 31.7 Å². The molecule has 178 valence electrons. The zero-order chi connectivity index (χ0) is 23.6. The van der Waals surface area contributed by atoms with Crippen molar-refractivity contribution < 1.29 is 22.7 Å². The van der Waals surface area contributed by atoms with Gasteiger partial charge in [-0.15, -0.1) is 0 Å². The molecule has 33 heavy (non-hydrogen) atoms. The first-order valence-electron chi connectivity index (χ1n) is 11.2. The van der Waals surface area contributed by atoms with E-state index in [0.717, 1.165) is 36.8 Å². The number of rotatable bonds is 5. The van der Waals surface area contributed by atoms with Crippen LogP contribution in [0, 0.1) is 0 Å². The van der Waals surface area contributed by atoms with Crippen molar-refractivity contribution in [3.63, 3.8) is 0 Å². The second kappa shape index (κ2) is 9.91. The highest BCUT2D eigenvalue weighted by Gasteiger charge is 2.30. The second-order valence-corrected chi connectivity index (χ2v) is 10.7. The van der Waals surface area contributed by atoms with Crippen molar-refractivity contribution in [1.29, 1.82) is 0 Å². The number of halogens is 1. The Kier molecular flexibility index (Phi) is 7.16. The predicted octanol–water partition coefficient (Wildman–Crippen LogP) is 4.12. The van der Waals surface area contributed by atoms with Crippen LogP contribution < -0.4 is 9.47 Å². The van der Waals surface area contributed by atoms with E-state index in [1.54, 1.807) is 25.2 Å². The van der Waals surface area contributed by atoms with Crippen LogP contribution in [-0.2, 0) is 23.0 Å². The monoisotopic (exact) mass is 492 g/mol. The van der Waals surface area contributed by atoms with Gasteiger partial charge >= 0.3 is 0 Å². The van der Waals surface area contributed by atoms with Crippen LogP contribution in [0.25, 0.3) is 0 Å². The van der Waals surface area contributed by atoms with Crippen molar-refractivity contribution in [3.8, 4) is 11.5 Å². The third kappa shape index (κ3) is 4.83. The summed E-state index contributed by atoms with van der Waals surface area (Å²) in [6.45, 7) is 1.89. The molecule has 7 nitrogen and oxygen atoms in total. The van der Waals surface area contributed by atoms with E-state index in [4.69, 9.17) is 21.1 Å². The number of hydrogen-bond donors (Lipinski definition) is 0. The van der Waals surface area contributed by atoms with E-state index in [1.807, 2.05) is 12.1 Å². The second-order valence-electron chi connectivity index (χ2n) is 8.42. The zero-order valence-corrected chi connectivity index (χ0v) is 20.5. The highest BCUT2D eigenvalue weighted by molar-refractivity contribution is 7.89. The number of fused-ring (bicyclic) bond motifs is 1.